The zero-order chi connectivity index (χ0) is 11.6. The molecule has 0 heterocycles. The molecule has 0 aromatic rings. The molecule has 3 aliphatic rings. The average molecular weight is 234 g/mol. The number of allylic oxidation sites excluding steroid dienone is 1. The fourth-order valence-electron chi connectivity index (χ4n) is 5.46. The van der Waals surface area contributed by atoms with Crippen LogP contribution in [0.3, 0.4) is 0 Å². The van der Waals surface area contributed by atoms with Crippen molar-refractivity contribution in [3.05, 3.63) is 5.57 Å². The van der Waals surface area contributed by atoms with Crippen molar-refractivity contribution >= 4 is 17.2 Å². The van der Waals surface area contributed by atoms with Crippen LogP contribution in [0.2, 0.25) is 0 Å². The molecule has 0 nitrogen and oxygen atoms in total. The predicted octanol–water partition coefficient (Wildman–Crippen LogP) is 4.53. The lowest BCUT2D eigenvalue weighted by Crippen LogP contribution is -2.30. The van der Waals surface area contributed by atoms with Crippen molar-refractivity contribution in [2.75, 3.05) is 0 Å². The van der Waals surface area contributed by atoms with Crippen molar-refractivity contribution in [1.29, 1.82) is 0 Å². The van der Waals surface area contributed by atoms with Gasteiger partial charge in [0.1, 0.15) is 0 Å². The van der Waals surface area contributed by atoms with Crippen molar-refractivity contribution in [2.45, 2.75) is 59.3 Å². The molecule has 0 aromatic heterocycles. The van der Waals surface area contributed by atoms with Crippen molar-refractivity contribution in [3.8, 4) is 0 Å². The molecule has 2 atom stereocenters. The van der Waals surface area contributed by atoms with Gasteiger partial charge >= 0.3 is 0 Å². The smallest absolute Gasteiger partial charge is 0.00357 e. The van der Waals surface area contributed by atoms with Gasteiger partial charge in [0.15, 0.2) is 0 Å². The average Bonchev–Trinajstić information content (AvgIpc) is 2.78. The second-order valence-electron chi connectivity index (χ2n) is 6.99. The van der Waals surface area contributed by atoms with Crippen molar-refractivity contribution in [2.24, 2.45) is 22.2 Å². The summed E-state index contributed by atoms with van der Waals surface area (Å²) in [4.78, 5) is 0. The van der Waals surface area contributed by atoms with Crippen LogP contribution in [0, 0.1) is 22.2 Å². The van der Waals surface area contributed by atoms with Gasteiger partial charge in [-0.15, -0.1) is 0 Å². The van der Waals surface area contributed by atoms with E-state index in [1.165, 1.54) is 44.1 Å². The Morgan fingerprint density at radius 1 is 1.12 bits per heavy atom. The Kier molecular flexibility index (Phi) is 2.06. The Balaban J connectivity index is 2.21. The second-order valence-corrected chi connectivity index (χ2v) is 7.19. The van der Waals surface area contributed by atoms with Crippen LogP contribution in [0.5, 0.6) is 0 Å². The molecule has 0 aliphatic heterocycles. The van der Waals surface area contributed by atoms with E-state index < -0.39 is 0 Å². The maximum atomic E-state index is 5.27. The third kappa shape index (κ3) is 0.924. The van der Waals surface area contributed by atoms with Crippen molar-refractivity contribution in [1.82, 2.24) is 0 Å². The van der Waals surface area contributed by atoms with Crippen molar-refractivity contribution < 1.29 is 0 Å². The van der Waals surface area contributed by atoms with Crippen LogP contribution in [-0.4, -0.2) is 5.02 Å². The minimum absolute atomic E-state index is 0.351. The van der Waals surface area contributed by atoms with Crippen LogP contribution < -0.4 is 0 Å². The van der Waals surface area contributed by atoms with Crippen LogP contribution in [0.4, 0.5) is 0 Å². The van der Waals surface area contributed by atoms with E-state index in [1.807, 2.05) is 0 Å². The van der Waals surface area contributed by atoms with Crippen LogP contribution >= 0.6 is 12.2 Å². The van der Waals surface area contributed by atoms with Gasteiger partial charge in [0.2, 0.25) is 0 Å². The fourth-order valence-corrected chi connectivity index (χ4v) is 5.89. The summed E-state index contributed by atoms with van der Waals surface area (Å²) >= 11 is 5.27. The standard InChI is InChI=1S/C15H22S/c1-13(2)11-6-9-14(13,3)12(10-16)15(11)7-4-5-8-15/h11H,4-9H2,1-3H3/t11-,14-/m0/s1. The van der Waals surface area contributed by atoms with E-state index in [9.17, 15) is 0 Å². The molecule has 3 saturated carbocycles. The molecule has 3 fully saturated rings. The maximum absolute atomic E-state index is 5.27. The van der Waals surface area contributed by atoms with Crippen LogP contribution in [0.15, 0.2) is 5.57 Å². The van der Waals surface area contributed by atoms with Gasteiger partial charge in [-0.25, -0.2) is 0 Å². The highest BCUT2D eigenvalue weighted by atomic mass is 32.1. The Labute approximate surface area is 105 Å². The summed E-state index contributed by atoms with van der Waals surface area (Å²) in [7, 11) is 0. The molecule has 2 bridgehead atoms. The topological polar surface area (TPSA) is 0 Å². The Bertz CT molecular complexity index is 380. The molecule has 16 heavy (non-hydrogen) atoms. The number of hydrogen-bond donors (Lipinski definition) is 0. The van der Waals surface area contributed by atoms with Gasteiger partial charge in [0.05, 0.1) is 0 Å². The Morgan fingerprint density at radius 3 is 2.31 bits per heavy atom. The van der Waals surface area contributed by atoms with Gasteiger partial charge in [-0.2, -0.15) is 0 Å². The maximum Gasteiger partial charge on any atom is 0.00357 e. The molecule has 1 spiro atoms. The van der Waals surface area contributed by atoms with Gasteiger partial charge in [-0.3, -0.25) is 0 Å². The van der Waals surface area contributed by atoms with Gasteiger partial charge in [-0.1, -0.05) is 33.6 Å². The number of hydrogen-bond acceptors (Lipinski definition) is 1. The van der Waals surface area contributed by atoms with E-state index in [0.29, 0.717) is 16.2 Å². The molecule has 0 amide bonds. The van der Waals surface area contributed by atoms with E-state index in [-0.39, 0.29) is 0 Å². The highest BCUT2D eigenvalue weighted by Gasteiger charge is 2.70. The molecular formula is C15H22S. The molecule has 0 N–H and O–H groups in total. The largest absolute Gasteiger partial charge is 0.0588 e. The molecule has 0 unspecified atom stereocenters. The minimum atomic E-state index is 0.351. The summed E-state index contributed by atoms with van der Waals surface area (Å²) in [6, 6.07) is 0. The van der Waals surface area contributed by atoms with E-state index in [1.54, 1.807) is 0 Å². The lowest BCUT2D eigenvalue weighted by molar-refractivity contribution is 0.140. The summed E-state index contributed by atoms with van der Waals surface area (Å²) in [6.07, 6.45) is 8.34. The van der Waals surface area contributed by atoms with Gasteiger partial charge in [0, 0.05) is 10.8 Å². The molecule has 1 heteroatoms. The zero-order valence-electron chi connectivity index (χ0n) is 10.7. The van der Waals surface area contributed by atoms with Crippen molar-refractivity contribution in [3.63, 3.8) is 0 Å². The normalized spacial score (nSPS) is 42.9. The summed E-state index contributed by atoms with van der Waals surface area (Å²) in [5.41, 5.74) is 2.80. The van der Waals surface area contributed by atoms with Crippen LogP contribution in [0.25, 0.3) is 0 Å². The third-order valence-electron chi connectivity index (χ3n) is 6.54. The molecular weight excluding hydrogens is 212 g/mol. The SMILES string of the molecule is CC1(C)[C@@H]2CC[C@@]1(C)C(=C=S)C21CCCC1. The molecule has 88 valence electrons. The van der Waals surface area contributed by atoms with Gasteiger partial charge in [-0.05, 0) is 59.8 Å². The highest BCUT2D eigenvalue weighted by Crippen LogP contribution is 2.77. The lowest BCUT2D eigenvalue weighted by Gasteiger charge is -2.37. The Morgan fingerprint density at radius 2 is 1.75 bits per heavy atom. The van der Waals surface area contributed by atoms with Crippen LogP contribution in [-0.2, 0) is 0 Å². The van der Waals surface area contributed by atoms with E-state index in [2.05, 4.69) is 25.8 Å². The van der Waals surface area contributed by atoms with Gasteiger partial charge in [0.25, 0.3) is 0 Å². The molecule has 3 rings (SSSR count). The first kappa shape index (κ1) is 11.0. The quantitative estimate of drug-likeness (QED) is 0.555. The van der Waals surface area contributed by atoms with E-state index in [0.717, 1.165) is 5.92 Å². The number of fused-ring (bicyclic) bond motifs is 3. The summed E-state index contributed by atoms with van der Waals surface area (Å²) in [5, 5.41) is 3.22. The summed E-state index contributed by atoms with van der Waals surface area (Å²) < 4.78 is 0. The molecule has 3 aliphatic carbocycles. The molecule has 0 aromatic carbocycles. The highest BCUT2D eigenvalue weighted by molar-refractivity contribution is 7.78. The summed E-state index contributed by atoms with van der Waals surface area (Å²) in [6.45, 7) is 7.41. The third-order valence-corrected chi connectivity index (χ3v) is 6.74. The molecule has 0 radical (unpaired) electrons. The lowest BCUT2D eigenvalue weighted by atomic mass is 9.66. The number of rotatable bonds is 0. The second kappa shape index (κ2) is 3.00. The first-order valence-electron chi connectivity index (χ1n) is 6.75. The van der Waals surface area contributed by atoms with Crippen LogP contribution in [0.1, 0.15) is 59.3 Å². The zero-order valence-corrected chi connectivity index (χ0v) is 11.5. The molecule has 0 saturated heterocycles. The Hall–Kier alpha value is -0.130. The summed E-state index contributed by atoms with van der Waals surface area (Å²) in [5.74, 6) is 0.873. The first-order chi connectivity index (χ1) is 7.49. The predicted molar refractivity (Wildman–Crippen MR) is 71.6 cm³/mol. The monoisotopic (exact) mass is 234 g/mol. The minimum Gasteiger partial charge on any atom is -0.0588 e. The number of thiocarbonyl (C=S) groups is 1. The van der Waals surface area contributed by atoms with E-state index >= 15 is 0 Å². The first-order valence-corrected chi connectivity index (χ1v) is 7.16. The fraction of sp³-hybridized carbons (Fsp3) is 0.867. The van der Waals surface area contributed by atoms with Gasteiger partial charge < -0.3 is 0 Å². The van der Waals surface area contributed by atoms with E-state index in [4.69, 9.17) is 12.2 Å².